The third-order valence-corrected chi connectivity index (χ3v) is 4.63. The first-order valence-corrected chi connectivity index (χ1v) is 9.25. The molecule has 0 unspecified atom stereocenters. The third-order valence-electron chi connectivity index (χ3n) is 2.71. The van der Waals surface area contributed by atoms with Crippen LogP contribution >= 0.6 is 26.6 Å². The second-order valence-electron chi connectivity index (χ2n) is 5.01. The van der Waals surface area contributed by atoms with Crippen LogP contribution in [-0.4, -0.2) is 39.9 Å². The minimum absolute atomic E-state index is 0.0769. The van der Waals surface area contributed by atoms with Gasteiger partial charge in [-0.2, -0.15) is 0 Å². The van der Waals surface area contributed by atoms with E-state index in [0.717, 1.165) is 0 Å². The molecule has 0 bridgehead atoms. The predicted molar refractivity (Wildman–Crippen MR) is 85.5 cm³/mol. The number of carbonyl (C=O) groups excluding carboxylic acids is 1. The minimum Gasteiger partial charge on any atom is -0.494 e. The SMILES string of the molecule is COc1c(Br)cc(C(=O)N(C)CC(C)C)cc1S(=O)(=O)Cl. The summed E-state index contributed by atoms with van der Waals surface area (Å²) in [6.45, 7) is 4.54. The standard InChI is InChI=1S/C13H17BrClNO4S/c1-8(2)7-16(3)13(17)9-5-10(14)12(20-4)11(6-9)21(15,18)19/h5-6,8H,7H2,1-4H3. The lowest BCUT2D eigenvalue weighted by molar-refractivity contribution is 0.0779. The largest absolute Gasteiger partial charge is 0.494 e. The van der Waals surface area contributed by atoms with Crippen molar-refractivity contribution in [3.8, 4) is 5.75 Å². The minimum atomic E-state index is -4.03. The molecule has 1 aromatic carbocycles. The Balaban J connectivity index is 3.34. The number of amides is 1. The van der Waals surface area contributed by atoms with Gasteiger partial charge in [0.2, 0.25) is 0 Å². The maximum Gasteiger partial charge on any atom is 0.265 e. The Morgan fingerprint density at radius 2 is 2.00 bits per heavy atom. The highest BCUT2D eigenvalue weighted by Crippen LogP contribution is 2.35. The Hall–Kier alpha value is -0.790. The average molecular weight is 399 g/mol. The van der Waals surface area contributed by atoms with Gasteiger partial charge in [-0.15, -0.1) is 0 Å². The van der Waals surface area contributed by atoms with Crippen LogP contribution in [0.5, 0.6) is 5.75 Å². The monoisotopic (exact) mass is 397 g/mol. The summed E-state index contributed by atoms with van der Waals surface area (Å²) in [6, 6.07) is 2.74. The maximum atomic E-state index is 12.3. The number of nitrogens with zero attached hydrogens (tertiary/aromatic N) is 1. The van der Waals surface area contributed by atoms with E-state index in [1.54, 1.807) is 7.05 Å². The van der Waals surface area contributed by atoms with E-state index in [4.69, 9.17) is 15.4 Å². The molecule has 0 saturated carbocycles. The fourth-order valence-electron chi connectivity index (χ4n) is 1.92. The van der Waals surface area contributed by atoms with Crippen molar-refractivity contribution in [3.63, 3.8) is 0 Å². The van der Waals surface area contributed by atoms with Gasteiger partial charge in [-0.1, -0.05) is 13.8 Å². The van der Waals surface area contributed by atoms with E-state index in [0.29, 0.717) is 16.9 Å². The Bertz CT molecular complexity index is 646. The molecule has 0 aromatic heterocycles. The van der Waals surface area contributed by atoms with E-state index >= 15 is 0 Å². The summed E-state index contributed by atoms with van der Waals surface area (Å²) in [7, 11) is 4.37. The molecule has 0 fully saturated rings. The molecule has 0 N–H and O–H groups in total. The Morgan fingerprint density at radius 1 is 1.43 bits per heavy atom. The van der Waals surface area contributed by atoms with Gasteiger partial charge in [-0.3, -0.25) is 4.79 Å². The molecule has 1 rings (SSSR count). The van der Waals surface area contributed by atoms with Gasteiger partial charge >= 0.3 is 0 Å². The average Bonchev–Trinajstić information content (AvgIpc) is 2.34. The summed E-state index contributed by atoms with van der Waals surface area (Å²) >= 11 is 3.20. The number of hydrogen-bond donors (Lipinski definition) is 0. The zero-order chi connectivity index (χ0) is 16.4. The Kier molecular flexibility index (Phi) is 6.07. The molecule has 0 atom stereocenters. The van der Waals surface area contributed by atoms with Gasteiger partial charge in [0.25, 0.3) is 15.0 Å². The van der Waals surface area contributed by atoms with Crippen LogP contribution in [0, 0.1) is 5.92 Å². The molecular weight excluding hydrogens is 382 g/mol. The number of ether oxygens (including phenoxy) is 1. The summed E-state index contributed by atoms with van der Waals surface area (Å²) in [6.07, 6.45) is 0. The zero-order valence-electron chi connectivity index (χ0n) is 12.2. The summed E-state index contributed by atoms with van der Waals surface area (Å²) in [5.41, 5.74) is 0.227. The first-order valence-electron chi connectivity index (χ1n) is 6.15. The second kappa shape index (κ2) is 6.98. The molecule has 0 aliphatic rings. The molecule has 21 heavy (non-hydrogen) atoms. The quantitative estimate of drug-likeness (QED) is 0.715. The van der Waals surface area contributed by atoms with Crippen LogP contribution < -0.4 is 4.74 Å². The van der Waals surface area contributed by atoms with E-state index in [-0.39, 0.29) is 22.1 Å². The van der Waals surface area contributed by atoms with Crippen LogP contribution in [0.4, 0.5) is 0 Å². The van der Waals surface area contributed by atoms with Crippen molar-refractivity contribution >= 4 is 41.6 Å². The molecule has 118 valence electrons. The molecule has 0 heterocycles. The van der Waals surface area contributed by atoms with Gasteiger partial charge in [0.05, 0.1) is 11.6 Å². The lowest BCUT2D eigenvalue weighted by Crippen LogP contribution is -2.30. The number of carbonyl (C=O) groups is 1. The zero-order valence-corrected chi connectivity index (χ0v) is 15.3. The van der Waals surface area contributed by atoms with Crippen LogP contribution in [-0.2, 0) is 9.05 Å². The van der Waals surface area contributed by atoms with E-state index in [2.05, 4.69) is 15.9 Å². The normalized spacial score (nSPS) is 11.6. The van der Waals surface area contributed by atoms with Crippen molar-refractivity contribution in [2.24, 2.45) is 5.92 Å². The number of rotatable bonds is 5. The van der Waals surface area contributed by atoms with Gasteiger partial charge < -0.3 is 9.64 Å². The first kappa shape index (κ1) is 18.3. The molecule has 0 spiro atoms. The number of methoxy groups -OCH3 is 1. The molecule has 0 saturated heterocycles. The fraction of sp³-hybridized carbons (Fsp3) is 0.462. The van der Waals surface area contributed by atoms with Crippen molar-refractivity contribution < 1.29 is 17.9 Å². The van der Waals surface area contributed by atoms with Crippen LogP contribution in [0.1, 0.15) is 24.2 Å². The molecule has 8 heteroatoms. The van der Waals surface area contributed by atoms with Gasteiger partial charge in [-0.05, 0) is 34.0 Å². The highest BCUT2D eigenvalue weighted by Gasteiger charge is 2.23. The highest BCUT2D eigenvalue weighted by atomic mass is 79.9. The molecule has 0 aliphatic carbocycles. The lowest BCUT2D eigenvalue weighted by Gasteiger charge is -2.20. The van der Waals surface area contributed by atoms with Crippen molar-refractivity contribution in [2.45, 2.75) is 18.7 Å². The Morgan fingerprint density at radius 3 is 2.43 bits per heavy atom. The summed E-state index contributed by atoms with van der Waals surface area (Å²) < 4.78 is 28.6. The van der Waals surface area contributed by atoms with Crippen LogP contribution in [0.2, 0.25) is 0 Å². The van der Waals surface area contributed by atoms with E-state index in [9.17, 15) is 13.2 Å². The van der Waals surface area contributed by atoms with E-state index in [1.807, 2.05) is 13.8 Å². The van der Waals surface area contributed by atoms with Gasteiger partial charge in [0, 0.05) is 29.8 Å². The smallest absolute Gasteiger partial charge is 0.265 e. The molecule has 1 amide bonds. The van der Waals surface area contributed by atoms with Gasteiger partial charge in [0.15, 0.2) is 5.75 Å². The molecular formula is C13H17BrClNO4S. The first-order chi connectivity index (χ1) is 9.57. The topological polar surface area (TPSA) is 63.7 Å². The van der Waals surface area contributed by atoms with E-state index in [1.165, 1.54) is 24.1 Å². The second-order valence-corrected chi connectivity index (χ2v) is 8.40. The van der Waals surface area contributed by atoms with Crippen LogP contribution in [0.15, 0.2) is 21.5 Å². The van der Waals surface area contributed by atoms with Crippen LogP contribution in [0.25, 0.3) is 0 Å². The summed E-state index contributed by atoms with van der Waals surface area (Å²) in [4.78, 5) is 13.6. The maximum absolute atomic E-state index is 12.3. The van der Waals surface area contributed by atoms with Crippen molar-refractivity contribution in [1.29, 1.82) is 0 Å². The van der Waals surface area contributed by atoms with Crippen molar-refractivity contribution in [3.05, 3.63) is 22.2 Å². The third kappa shape index (κ3) is 4.59. The van der Waals surface area contributed by atoms with Gasteiger partial charge in [-0.25, -0.2) is 8.42 Å². The van der Waals surface area contributed by atoms with Crippen LogP contribution in [0.3, 0.4) is 0 Å². The lowest BCUT2D eigenvalue weighted by atomic mass is 10.1. The molecule has 5 nitrogen and oxygen atoms in total. The number of hydrogen-bond acceptors (Lipinski definition) is 4. The summed E-state index contributed by atoms with van der Waals surface area (Å²) in [5.74, 6) is 0.0959. The van der Waals surface area contributed by atoms with Crippen molar-refractivity contribution in [1.82, 2.24) is 4.90 Å². The number of halogens is 2. The Labute approximate surface area is 137 Å². The summed E-state index contributed by atoms with van der Waals surface area (Å²) in [5, 5.41) is 0. The molecule has 0 aliphatic heterocycles. The molecule has 0 radical (unpaired) electrons. The van der Waals surface area contributed by atoms with Gasteiger partial charge in [0.1, 0.15) is 4.90 Å². The molecule has 1 aromatic rings. The fourth-order valence-corrected chi connectivity index (χ4v) is 3.70. The number of benzene rings is 1. The van der Waals surface area contributed by atoms with Crippen molar-refractivity contribution in [2.75, 3.05) is 20.7 Å². The van der Waals surface area contributed by atoms with E-state index < -0.39 is 9.05 Å². The highest BCUT2D eigenvalue weighted by molar-refractivity contribution is 9.10. The predicted octanol–water partition coefficient (Wildman–Crippen LogP) is 3.11.